The van der Waals surface area contributed by atoms with Gasteiger partial charge in [-0.2, -0.15) is 0 Å². The molecule has 1 N–H and O–H groups in total. The zero-order valence-electron chi connectivity index (χ0n) is 10.1. The average molecular weight is 261 g/mol. The van der Waals surface area contributed by atoms with E-state index >= 15 is 0 Å². The van der Waals surface area contributed by atoms with E-state index in [1.807, 2.05) is 38.3 Å². The van der Waals surface area contributed by atoms with Gasteiger partial charge in [-0.05, 0) is 23.8 Å². The molecule has 0 amide bonds. The van der Waals surface area contributed by atoms with Crippen LogP contribution in [0.5, 0.6) is 0 Å². The monoisotopic (exact) mass is 261 g/mol. The highest BCUT2D eigenvalue weighted by Crippen LogP contribution is 2.35. The van der Waals surface area contributed by atoms with E-state index in [0.717, 1.165) is 4.88 Å². The highest BCUT2D eigenvalue weighted by atomic mass is 32.2. The Balaban J connectivity index is 3.00. The lowest BCUT2D eigenvalue weighted by atomic mass is 9.86. The summed E-state index contributed by atoms with van der Waals surface area (Å²) in [5, 5.41) is 1.97. The molecule has 5 heteroatoms. The van der Waals surface area contributed by atoms with Crippen molar-refractivity contribution in [2.75, 3.05) is 5.75 Å². The minimum absolute atomic E-state index is 0.116. The molecule has 0 saturated carbocycles. The van der Waals surface area contributed by atoms with E-state index in [-0.39, 0.29) is 17.2 Å². The second-order valence-corrected chi connectivity index (χ2v) is 7.86. The summed E-state index contributed by atoms with van der Waals surface area (Å²) in [4.78, 5) is 1.06. The molecule has 0 aromatic carbocycles. The van der Waals surface area contributed by atoms with Crippen LogP contribution in [-0.4, -0.2) is 14.2 Å². The van der Waals surface area contributed by atoms with Gasteiger partial charge in [0, 0.05) is 4.88 Å². The smallest absolute Gasteiger partial charge is 0.211 e. The van der Waals surface area contributed by atoms with Gasteiger partial charge in [0.15, 0.2) is 0 Å². The van der Waals surface area contributed by atoms with E-state index in [1.54, 1.807) is 18.3 Å². The molecule has 0 spiro atoms. The summed E-state index contributed by atoms with van der Waals surface area (Å²) >= 11 is 1.58. The van der Waals surface area contributed by atoms with Crippen LogP contribution in [0.3, 0.4) is 0 Å². The Morgan fingerprint density at radius 3 is 2.44 bits per heavy atom. The normalized spacial score (nSPS) is 15.0. The molecule has 16 heavy (non-hydrogen) atoms. The molecule has 1 rings (SSSR count). The zero-order valence-corrected chi connectivity index (χ0v) is 11.8. The summed E-state index contributed by atoms with van der Waals surface area (Å²) in [6, 6.07) is 3.76. The van der Waals surface area contributed by atoms with Crippen molar-refractivity contribution >= 4 is 21.4 Å². The molecule has 1 heterocycles. The fraction of sp³-hybridized carbons (Fsp3) is 0.636. The lowest BCUT2D eigenvalue weighted by molar-refractivity contribution is 0.308. The van der Waals surface area contributed by atoms with Crippen molar-refractivity contribution < 1.29 is 8.42 Å². The van der Waals surface area contributed by atoms with E-state index in [2.05, 4.69) is 4.72 Å². The van der Waals surface area contributed by atoms with Crippen LogP contribution < -0.4 is 4.72 Å². The molecule has 0 aliphatic carbocycles. The molecule has 0 aliphatic heterocycles. The Labute approximate surface area is 102 Å². The average Bonchev–Trinajstić information content (AvgIpc) is 2.65. The van der Waals surface area contributed by atoms with Crippen molar-refractivity contribution in [1.29, 1.82) is 0 Å². The van der Waals surface area contributed by atoms with E-state index < -0.39 is 10.0 Å². The van der Waals surface area contributed by atoms with Crippen molar-refractivity contribution in [2.24, 2.45) is 5.41 Å². The highest BCUT2D eigenvalue weighted by Gasteiger charge is 2.30. The maximum absolute atomic E-state index is 11.6. The fourth-order valence-corrected chi connectivity index (χ4v) is 3.48. The van der Waals surface area contributed by atoms with Crippen LogP contribution in [0.4, 0.5) is 0 Å². The molecule has 0 radical (unpaired) electrons. The van der Waals surface area contributed by atoms with Crippen LogP contribution in [0.2, 0.25) is 0 Å². The lowest BCUT2D eigenvalue weighted by Gasteiger charge is -2.30. The number of rotatable bonds is 4. The van der Waals surface area contributed by atoms with Crippen molar-refractivity contribution in [1.82, 2.24) is 4.72 Å². The van der Waals surface area contributed by atoms with Crippen molar-refractivity contribution in [3.8, 4) is 0 Å². The molecule has 1 aromatic heterocycles. The Hall–Kier alpha value is -0.390. The van der Waals surface area contributed by atoms with Gasteiger partial charge in [-0.15, -0.1) is 11.3 Å². The molecule has 0 saturated heterocycles. The minimum Gasteiger partial charge on any atom is -0.212 e. The fourth-order valence-electron chi connectivity index (χ4n) is 1.38. The molecule has 1 atom stereocenters. The number of thiophene rings is 1. The van der Waals surface area contributed by atoms with E-state index in [0.29, 0.717) is 0 Å². The molecule has 0 bridgehead atoms. The zero-order chi connectivity index (χ0) is 12.4. The first-order valence-electron chi connectivity index (χ1n) is 5.29. The topological polar surface area (TPSA) is 46.2 Å². The van der Waals surface area contributed by atoms with E-state index in [9.17, 15) is 8.42 Å². The summed E-state index contributed by atoms with van der Waals surface area (Å²) < 4.78 is 26.1. The maximum atomic E-state index is 11.6. The van der Waals surface area contributed by atoms with Crippen molar-refractivity contribution in [3.05, 3.63) is 22.4 Å². The molecule has 92 valence electrons. The number of hydrogen-bond donors (Lipinski definition) is 1. The molecule has 0 fully saturated rings. The lowest BCUT2D eigenvalue weighted by Crippen LogP contribution is -2.36. The summed E-state index contributed by atoms with van der Waals surface area (Å²) in [6.07, 6.45) is 0. The van der Waals surface area contributed by atoms with E-state index in [1.165, 1.54) is 0 Å². The number of sulfonamides is 1. The summed E-state index contributed by atoms with van der Waals surface area (Å²) in [7, 11) is -3.17. The Bertz CT molecular complexity index is 415. The van der Waals surface area contributed by atoms with Crippen LogP contribution in [0.15, 0.2) is 17.5 Å². The Morgan fingerprint density at radius 2 is 2.06 bits per heavy atom. The minimum atomic E-state index is -3.17. The predicted molar refractivity (Wildman–Crippen MR) is 69.1 cm³/mol. The van der Waals surface area contributed by atoms with Gasteiger partial charge in [-0.3, -0.25) is 0 Å². The van der Waals surface area contributed by atoms with Gasteiger partial charge in [0.1, 0.15) is 0 Å². The molecular weight excluding hydrogens is 242 g/mol. The molecule has 3 nitrogen and oxygen atoms in total. The quantitative estimate of drug-likeness (QED) is 0.906. The predicted octanol–water partition coefficient (Wildman–Crippen LogP) is 2.77. The first-order valence-corrected chi connectivity index (χ1v) is 7.83. The summed E-state index contributed by atoms with van der Waals surface area (Å²) in [5.41, 5.74) is -0.132. The van der Waals surface area contributed by atoms with Gasteiger partial charge in [0.2, 0.25) is 10.0 Å². The van der Waals surface area contributed by atoms with E-state index in [4.69, 9.17) is 0 Å². The van der Waals surface area contributed by atoms with Crippen LogP contribution in [0.25, 0.3) is 0 Å². The number of hydrogen-bond acceptors (Lipinski definition) is 3. The molecule has 0 unspecified atom stereocenters. The van der Waals surface area contributed by atoms with Crippen molar-refractivity contribution in [2.45, 2.75) is 33.7 Å². The van der Waals surface area contributed by atoms with Crippen LogP contribution in [-0.2, 0) is 10.0 Å². The van der Waals surface area contributed by atoms with Crippen LogP contribution in [0, 0.1) is 5.41 Å². The van der Waals surface area contributed by atoms with Gasteiger partial charge in [-0.25, -0.2) is 13.1 Å². The van der Waals surface area contributed by atoms with Crippen LogP contribution in [0.1, 0.15) is 38.6 Å². The summed E-state index contributed by atoms with van der Waals surface area (Å²) in [6.45, 7) is 7.76. The standard InChI is InChI=1S/C11H19NO2S2/c1-5-16(13,14)12-10(11(2,3)4)9-7-6-8-15-9/h6-8,10,12H,5H2,1-4H3/t10-/m0/s1. The molecule has 1 aromatic rings. The Morgan fingerprint density at radius 1 is 1.44 bits per heavy atom. The van der Waals surface area contributed by atoms with Crippen molar-refractivity contribution in [3.63, 3.8) is 0 Å². The first kappa shape index (κ1) is 13.7. The summed E-state index contributed by atoms with van der Waals surface area (Å²) in [5.74, 6) is 0.116. The third-order valence-corrected chi connectivity index (χ3v) is 4.66. The van der Waals surface area contributed by atoms with Crippen LogP contribution >= 0.6 is 11.3 Å². The maximum Gasteiger partial charge on any atom is 0.211 e. The van der Waals surface area contributed by atoms with Gasteiger partial charge in [0.25, 0.3) is 0 Å². The second-order valence-electron chi connectivity index (χ2n) is 4.84. The number of nitrogens with one attached hydrogen (secondary N) is 1. The Kier molecular flexibility index (Phi) is 4.15. The van der Waals surface area contributed by atoms with Gasteiger partial charge < -0.3 is 0 Å². The third-order valence-electron chi connectivity index (χ3n) is 2.37. The molecular formula is C11H19NO2S2. The first-order chi connectivity index (χ1) is 7.26. The SMILES string of the molecule is CCS(=O)(=O)N[C@@H](c1cccs1)C(C)(C)C. The molecule has 0 aliphatic rings. The largest absolute Gasteiger partial charge is 0.212 e. The highest BCUT2D eigenvalue weighted by molar-refractivity contribution is 7.89. The van der Waals surface area contributed by atoms with Gasteiger partial charge in [0.05, 0.1) is 11.8 Å². The third kappa shape index (κ3) is 3.57. The second kappa shape index (κ2) is 4.85. The van der Waals surface area contributed by atoms with Gasteiger partial charge >= 0.3 is 0 Å². The van der Waals surface area contributed by atoms with Gasteiger partial charge in [-0.1, -0.05) is 26.8 Å².